The monoisotopic (exact) mass is 558 g/mol. The summed E-state index contributed by atoms with van der Waals surface area (Å²) in [6.45, 7) is 9.50. The number of hydrogen-bond acceptors (Lipinski definition) is 5. The normalized spacial score (nSPS) is 13.8. The Bertz CT molecular complexity index is 1230. The zero-order valence-corrected chi connectivity index (χ0v) is 24.5. The number of carbonyl (C=O) groups is 2. The van der Waals surface area contributed by atoms with E-state index >= 15 is 0 Å². The lowest BCUT2D eigenvalue weighted by Crippen LogP contribution is -2.53. The van der Waals surface area contributed by atoms with Crippen molar-refractivity contribution < 1.29 is 23.8 Å². The van der Waals surface area contributed by atoms with Crippen LogP contribution in [0.2, 0.25) is 0 Å². The molecule has 3 aromatic carbocycles. The number of amides is 2. The summed E-state index contributed by atoms with van der Waals surface area (Å²) in [7, 11) is 0. The lowest BCUT2D eigenvalue weighted by atomic mass is 9.97. The number of nitrogens with one attached hydrogen (secondary N) is 1. The van der Waals surface area contributed by atoms with Crippen LogP contribution in [0.25, 0.3) is 11.1 Å². The van der Waals surface area contributed by atoms with E-state index in [1.807, 2.05) is 82.3 Å². The van der Waals surface area contributed by atoms with Gasteiger partial charge in [0.1, 0.15) is 12.6 Å². The zero-order valence-electron chi connectivity index (χ0n) is 24.5. The number of nitrogens with zero attached hydrogens (tertiary/aromatic N) is 1. The summed E-state index contributed by atoms with van der Waals surface area (Å²) in [5.41, 5.74) is 5.60. The molecule has 0 aliphatic heterocycles. The maximum Gasteiger partial charge on any atom is 0.407 e. The van der Waals surface area contributed by atoms with Crippen molar-refractivity contribution in [3.05, 3.63) is 95.6 Å². The molecular weight excluding hydrogens is 516 g/mol. The van der Waals surface area contributed by atoms with Crippen LogP contribution in [0.5, 0.6) is 0 Å². The van der Waals surface area contributed by atoms with Gasteiger partial charge in [-0.25, -0.2) is 4.79 Å². The molecule has 0 saturated carbocycles. The van der Waals surface area contributed by atoms with Gasteiger partial charge >= 0.3 is 6.09 Å². The summed E-state index contributed by atoms with van der Waals surface area (Å²) in [6.07, 6.45) is -0.458. The molecule has 0 saturated heterocycles. The predicted molar refractivity (Wildman–Crippen MR) is 160 cm³/mol. The first-order chi connectivity index (χ1) is 20.0. The Kier molecular flexibility index (Phi) is 10.9. The highest BCUT2D eigenvalue weighted by molar-refractivity contribution is 5.86. The predicted octanol–water partition coefficient (Wildman–Crippen LogP) is 6.37. The molecule has 0 heterocycles. The SMILES string of the molecule is CCOC(CN(Cc1ccccc1)C(=O)[C@@H](NC(=O)OCC1c2ccccc2-c2ccccc21)[C@@H](C)CC)OCC. The molecule has 0 spiro atoms. The van der Waals surface area contributed by atoms with Crippen LogP contribution in [0.3, 0.4) is 0 Å². The van der Waals surface area contributed by atoms with Gasteiger partial charge in [0.25, 0.3) is 0 Å². The van der Waals surface area contributed by atoms with Gasteiger partial charge in [0.05, 0.1) is 6.54 Å². The smallest absolute Gasteiger partial charge is 0.407 e. The quantitative estimate of drug-likeness (QED) is 0.233. The first kappa shape index (κ1) is 30.3. The molecule has 7 nitrogen and oxygen atoms in total. The molecule has 0 fully saturated rings. The highest BCUT2D eigenvalue weighted by atomic mass is 16.7. The van der Waals surface area contributed by atoms with E-state index in [2.05, 4.69) is 29.6 Å². The fourth-order valence-electron chi connectivity index (χ4n) is 5.39. The van der Waals surface area contributed by atoms with Gasteiger partial charge in [0.15, 0.2) is 6.29 Å². The second kappa shape index (κ2) is 14.8. The van der Waals surface area contributed by atoms with Gasteiger partial charge < -0.3 is 24.4 Å². The fourth-order valence-corrected chi connectivity index (χ4v) is 5.39. The summed E-state index contributed by atoms with van der Waals surface area (Å²) in [5.74, 6) is -0.362. The van der Waals surface area contributed by atoms with E-state index in [0.717, 1.165) is 16.7 Å². The summed E-state index contributed by atoms with van der Waals surface area (Å²) in [4.78, 5) is 29.0. The molecule has 2 atom stereocenters. The third-order valence-electron chi connectivity index (χ3n) is 7.70. The van der Waals surface area contributed by atoms with Gasteiger partial charge in [-0.1, -0.05) is 99.1 Å². The molecule has 218 valence electrons. The number of ether oxygens (including phenoxy) is 3. The number of benzene rings is 3. The van der Waals surface area contributed by atoms with Gasteiger partial charge in [0, 0.05) is 25.7 Å². The first-order valence-electron chi connectivity index (χ1n) is 14.6. The van der Waals surface area contributed by atoms with Crippen molar-refractivity contribution >= 4 is 12.0 Å². The highest BCUT2D eigenvalue weighted by Crippen LogP contribution is 2.44. The average molecular weight is 559 g/mol. The van der Waals surface area contributed by atoms with Crippen LogP contribution < -0.4 is 5.32 Å². The van der Waals surface area contributed by atoms with Gasteiger partial charge in [0.2, 0.25) is 5.91 Å². The molecular formula is C34H42N2O5. The maximum absolute atomic E-state index is 14.1. The molecule has 7 heteroatoms. The second-order valence-corrected chi connectivity index (χ2v) is 10.4. The lowest BCUT2D eigenvalue weighted by molar-refractivity contribution is -0.161. The van der Waals surface area contributed by atoms with Gasteiger partial charge in [-0.05, 0) is 47.6 Å². The van der Waals surface area contributed by atoms with E-state index in [1.165, 1.54) is 11.1 Å². The van der Waals surface area contributed by atoms with Crippen molar-refractivity contribution in [3.8, 4) is 11.1 Å². The Hall–Kier alpha value is -3.68. The van der Waals surface area contributed by atoms with Crippen LogP contribution in [0.4, 0.5) is 4.79 Å². The van der Waals surface area contributed by atoms with E-state index in [0.29, 0.717) is 26.2 Å². The Morgan fingerprint density at radius 1 is 0.829 bits per heavy atom. The van der Waals surface area contributed by atoms with E-state index in [-0.39, 0.29) is 30.9 Å². The minimum atomic E-state index is -0.761. The van der Waals surface area contributed by atoms with Crippen LogP contribution in [-0.4, -0.2) is 55.6 Å². The summed E-state index contributed by atoms with van der Waals surface area (Å²) < 4.78 is 17.3. The van der Waals surface area contributed by atoms with Crippen LogP contribution in [0.1, 0.15) is 56.7 Å². The molecule has 0 bridgehead atoms. The molecule has 3 aromatic rings. The Morgan fingerprint density at radius 3 is 1.95 bits per heavy atom. The Morgan fingerprint density at radius 2 is 1.39 bits per heavy atom. The minimum absolute atomic E-state index is 0.0568. The van der Waals surface area contributed by atoms with Crippen molar-refractivity contribution in [1.29, 1.82) is 0 Å². The van der Waals surface area contributed by atoms with Crippen LogP contribution in [0.15, 0.2) is 78.9 Å². The molecule has 1 aliphatic rings. The highest BCUT2D eigenvalue weighted by Gasteiger charge is 2.33. The van der Waals surface area contributed by atoms with E-state index in [9.17, 15) is 9.59 Å². The molecule has 0 radical (unpaired) electrons. The van der Waals surface area contributed by atoms with Gasteiger partial charge in [-0.2, -0.15) is 0 Å². The molecule has 0 aromatic heterocycles. The third kappa shape index (κ3) is 7.54. The number of carbonyl (C=O) groups excluding carboxylic acids is 2. The fraction of sp³-hybridized carbons (Fsp3) is 0.412. The van der Waals surface area contributed by atoms with Crippen molar-refractivity contribution in [1.82, 2.24) is 10.2 Å². The Labute approximate surface area is 243 Å². The number of alkyl carbamates (subject to hydrolysis) is 1. The summed E-state index contributed by atoms with van der Waals surface area (Å²) in [5, 5.41) is 2.91. The van der Waals surface area contributed by atoms with Crippen molar-refractivity contribution in [2.75, 3.05) is 26.4 Å². The third-order valence-corrected chi connectivity index (χ3v) is 7.70. The minimum Gasteiger partial charge on any atom is -0.449 e. The van der Waals surface area contributed by atoms with Gasteiger partial charge in [-0.3, -0.25) is 4.79 Å². The van der Waals surface area contributed by atoms with Crippen molar-refractivity contribution in [2.24, 2.45) is 5.92 Å². The molecule has 4 rings (SSSR count). The molecule has 1 N–H and O–H groups in total. The molecule has 0 unspecified atom stereocenters. The average Bonchev–Trinajstić information content (AvgIpc) is 3.32. The molecule has 41 heavy (non-hydrogen) atoms. The number of fused-ring (bicyclic) bond motifs is 3. The second-order valence-electron chi connectivity index (χ2n) is 10.4. The summed E-state index contributed by atoms with van der Waals surface area (Å²) >= 11 is 0. The maximum atomic E-state index is 14.1. The van der Waals surface area contributed by atoms with E-state index < -0.39 is 18.4 Å². The first-order valence-corrected chi connectivity index (χ1v) is 14.6. The number of hydrogen-bond donors (Lipinski definition) is 1. The van der Waals surface area contributed by atoms with Crippen molar-refractivity contribution in [2.45, 2.75) is 58.9 Å². The van der Waals surface area contributed by atoms with E-state index in [1.54, 1.807) is 4.90 Å². The van der Waals surface area contributed by atoms with Gasteiger partial charge in [-0.15, -0.1) is 0 Å². The van der Waals surface area contributed by atoms with Crippen LogP contribution >= 0.6 is 0 Å². The topological polar surface area (TPSA) is 77.1 Å². The van der Waals surface area contributed by atoms with E-state index in [4.69, 9.17) is 14.2 Å². The van der Waals surface area contributed by atoms with Crippen molar-refractivity contribution in [3.63, 3.8) is 0 Å². The lowest BCUT2D eigenvalue weighted by Gasteiger charge is -2.33. The zero-order chi connectivity index (χ0) is 29.2. The molecule has 1 aliphatic carbocycles. The standard InChI is InChI=1S/C34H42N2O5/c1-5-24(4)32(33(37)36(21-25-15-9-8-10-16-25)22-31(39-6-2)40-7-3)35-34(38)41-23-30-28-19-13-11-17-26(28)27-18-12-14-20-29(27)30/h8-20,24,30-32H,5-7,21-23H2,1-4H3,(H,35,38)/t24-,32-/m0/s1. The Balaban J connectivity index is 1.49. The van der Waals surface area contributed by atoms with Crippen LogP contribution in [0, 0.1) is 5.92 Å². The number of rotatable bonds is 14. The molecule has 2 amide bonds. The largest absolute Gasteiger partial charge is 0.449 e. The van der Waals surface area contributed by atoms with Crippen LogP contribution in [-0.2, 0) is 25.5 Å². The summed E-state index contributed by atoms with van der Waals surface area (Å²) in [6, 6.07) is 25.5.